The Morgan fingerprint density at radius 2 is 1.96 bits per heavy atom. The first kappa shape index (κ1) is 16.3. The monoisotopic (exact) mass is 311 g/mol. The number of hydrogen-bond donors (Lipinski definition) is 2. The first-order valence-electron chi connectivity index (χ1n) is 7.01. The Labute approximate surface area is 134 Å². The van der Waals surface area contributed by atoms with Gasteiger partial charge in [-0.15, -0.1) is 0 Å². The van der Waals surface area contributed by atoms with E-state index >= 15 is 0 Å². The molecule has 0 spiro atoms. The zero-order valence-corrected chi connectivity index (χ0v) is 12.7. The summed E-state index contributed by atoms with van der Waals surface area (Å²) in [5.41, 5.74) is 2.73. The van der Waals surface area contributed by atoms with Crippen molar-refractivity contribution in [2.75, 3.05) is 7.11 Å². The minimum atomic E-state index is -1.11. The number of ether oxygens (including phenoxy) is 1. The van der Waals surface area contributed by atoms with Crippen LogP contribution in [0.25, 0.3) is 11.1 Å². The number of benzene rings is 2. The maximum Gasteiger partial charge on any atom is 0.329 e. The van der Waals surface area contributed by atoms with Crippen LogP contribution < -0.4 is 10.1 Å². The molecule has 0 radical (unpaired) electrons. The standard InChI is InChI=1S/C18H17NO4/c1-23-16-8-3-2-7-15(16)14-6-4-5-13(11-14)12-17(20)19-10-9-18(21)22/h2-11H,12H2,1H3,(H,19,20)(H,21,22). The Morgan fingerprint density at radius 1 is 1.17 bits per heavy atom. The van der Waals surface area contributed by atoms with Crippen LogP contribution in [0, 0.1) is 0 Å². The summed E-state index contributed by atoms with van der Waals surface area (Å²) in [7, 11) is 1.62. The predicted octanol–water partition coefficient (Wildman–Crippen LogP) is 2.62. The molecule has 0 fully saturated rings. The van der Waals surface area contributed by atoms with Crippen LogP contribution in [0.1, 0.15) is 5.56 Å². The fourth-order valence-electron chi connectivity index (χ4n) is 2.17. The molecule has 0 aromatic heterocycles. The highest BCUT2D eigenvalue weighted by molar-refractivity contribution is 5.83. The zero-order valence-electron chi connectivity index (χ0n) is 12.7. The van der Waals surface area contributed by atoms with Gasteiger partial charge < -0.3 is 15.2 Å². The average molecular weight is 311 g/mol. The van der Waals surface area contributed by atoms with Gasteiger partial charge in [0, 0.05) is 17.8 Å². The van der Waals surface area contributed by atoms with E-state index in [4.69, 9.17) is 9.84 Å². The van der Waals surface area contributed by atoms with Crippen LogP contribution in [0.2, 0.25) is 0 Å². The molecule has 0 aliphatic carbocycles. The predicted molar refractivity (Wildman–Crippen MR) is 87.1 cm³/mol. The fraction of sp³-hybridized carbons (Fsp3) is 0.111. The van der Waals surface area contributed by atoms with Crippen LogP contribution >= 0.6 is 0 Å². The summed E-state index contributed by atoms with van der Waals surface area (Å²) in [5, 5.41) is 10.9. The van der Waals surface area contributed by atoms with Gasteiger partial charge in [0.25, 0.3) is 0 Å². The Bertz CT molecular complexity index is 737. The molecule has 5 heteroatoms. The number of methoxy groups -OCH3 is 1. The third-order valence-corrected chi connectivity index (χ3v) is 3.18. The number of rotatable bonds is 6. The molecule has 2 aromatic rings. The maximum absolute atomic E-state index is 11.8. The minimum Gasteiger partial charge on any atom is -0.496 e. The molecule has 118 valence electrons. The highest BCUT2D eigenvalue weighted by Crippen LogP contribution is 2.29. The van der Waals surface area contributed by atoms with Gasteiger partial charge in [-0.2, -0.15) is 0 Å². The molecule has 2 aromatic carbocycles. The van der Waals surface area contributed by atoms with E-state index in [-0.39, 0.29) is 12.3 Å². The van der Waals surface area contributed by atoms with Crippen molar-refractivity contribution in [1.29, 1.82) is 0 Å². The second kappa shape index (κ2) is 7.79. The lowest BCUT2D eigenvalue weighted by atomic mass is 10.0. The number of hydrogen-bond acceptors (Lipinski definition) is 3. The van der Waals surface area contributed by atoms with Crippen molar-refractivity contribution < 1.29 is 19.4 Å². The Kier molecular flexibility index (Phi) is 5.52. The van der Waals surface area contributed by atoms with Crippen molar-refractivity contribution >= 4 is 11.9 Å². The summed E-state index contributed by atoms with van der Waals surface area (Å²) in [6.07, 6.45) is 2.16. The van der Waals surface area contributed by atoms with Crippen LogP contribution in [0.15, 0.2) is 60.8 Å². The molecule has 0 aliphatic heterocycles. The molecule has 0 bridgehead atoms. The van der Waals surface area contributed by atoms with Crippen molar-refractivity contribution in [2.45, 2.75) is 6.42 Å². The number of carboxylic acids is 1. The Hall–Kier alpha value is -3.08. The molecule has 0 heterocycles. The summed E-state index contributed by atoms with van der Waals surface area (Å²) < 4.78 is 5.35. The lowest BCUT2D eigenvalue weighted by molar-refractivity contribution is -0.131. The van der Waals surface area contributed by atoms with Crippen LogP contribution in [-0.4, -0.2) is 24.1 Å². The van der Waals surface area contributed by atoms with Gasteiger partial charge in [0.15, 0.2) is 0 Å². The molecular formula is C18H17NO4. The quantitative estimate of drug-likeness (QED) is 0.804. The van der Waals surface area contributed by atoms with Crippen molar-refractivity contribution in [3.63, 3.8) is 0 Å². The van der Waals surface area contributed by atoms with Crippen LogP contribution in [0.4, 0.5) is 0 Å². The van der Waals surface area contributed by atoms with Crippen molar-refractivity contribution in [3.8, 4) is 16.9 Å². The van der Waals surface area contributed by atoms with Gasteiger partial charge in [0.2, 0.25) is 5.91 Å². The Balaban J connectivity index is 2.14. The van der Waals surface area contributed by atoms with Gasteiger partial charge in [0.1, 0.15) is 5.75 Å². The smallest absolute Gasteiger partial charge is 0.329 e. The van der Waals surface area contributed by atoms with Crippen molar-refractivity contribution in [1.82, 2.24) is 5.32 Å². The van der Waals surface area contributed by atoms with Gasteiger partial charge in [0.05, 0.1) is 13.5 Å². The number of para-hydroxylation sites is 1. The maximum atomic E-state index is 11.8. The summed E-state index contributed by atoms with van der Waals surface area (Å²) >= 11 is 0. The summed E-state index contributed by atoms with van der Waals surface area (Å²) in [6.45, 7) is 0. The van der Waals surface area contributed by atoms with E-state index in [0.29, 0.717) is 0 Å². The first-order chi connectivity index (χ1) is 11.1. The van der Waals surface area contributed by atoms with Gasteiger partial charge in [-0.1, -0.05) is 42.5 Å². The second-order valence-electron chi connectivity index (χ2n) is 4.82. The normalized spacial score (nSPS) is 10.5. The molecule has 0 saturated carbocycles. The van der Waals surface area contributed by atoms with Gasteiger partial charge in [-0.25, -0.2) is 4.79 Å². The third-order valence-electron chi connectivity index (χ3n) is 3.18. The molecule has 0 aliphatic rings. The van der Waals surface area contributed by atoms with Gasteiger partial charge in [-0.3, -0.25) is 4.79 Å². The summed E-state index contributed by atoms with van der Waals surface area (Å²) in [4.78, 5) is 22.1. The van der Waals surface area contributed by atoms with E-state index in [0.717, 1.165) is 34.7 Å². The first-order valence-corrected chi connectivity index (χ1v) is 7.01. The van der Waals surface area contributed by atoms with E-state index < -0.39 is 5.97 Å². The lowest BCUT2D eigenvalue weighted by Crippen LogP contribution is -2.19. The number of nitrogens with one attached hydrogen (secondary N) is 1. The van der Waals surface area contributed by atoms with Crippen LogP contribution in [0.3, 0.4) is 0 Å². The molecule has 1 amide bonds. The van der Waals surface area contributed by atoms with E-state index in [1.807, 2.05) is 48.5 Å². The molecule has 23 heavy (non-hydrogen) atoms. The van der Waals surface area contributed by atoms with Crippen LogP contribution in [0.5, 0.6) is 5.75 Å². The van der Waals surface area contributed by atoms with Gasteiger partial charge >= 0.3 is 5.97 Å². The average Bonchev–Trinajstić information content (AvgIpc) is 2.54. The number of aliphatic carboxylic acids is 1. The summed E-state index contributed by atoms with van der Waals surface area (Å²) in [6, 6.07) is 15.2. The van der Waals surface area contributed by atoms with E-state index in [2.05, 4.69) is 5.32 Å². The SMILES string of the molecule is COc1ccccc1-c1cccc(CC(=O)NC=CC(=O)O)c1. The van der Waals surface area contributed by atoms with E-state index in [1.165, 1.54) is 0 Å². The summed E-state index contributed by atoms with van der Waals surface area (Å²) in [5.74, 6) is -0.623. The number of carbonyl (C=O) groups is 2. The fourth-order valence-corrected chi connectivity index (χ4v) is 2.17. The Morgan fingerprint density at radius 3 is 2.70 bits per heavy atom. The molecule has 0 atom stereocenters. The lowest BCUT2D eigenvalue weighted by Gasteiger charge is -2.09. The van der Waals surface area contributed by atoms with E-state index in [1.54, 1.807) is 7.11 Å². The number of amides is 1. The van der Waals surface area contributed by atoms with Crippen molar-refractivity contribution in [2.24, 2.45) is 0 Å². The molecule has 5 nitrogen and oxygen atoms in total. The molecule has 2 rings (SSSR count). The number of carboxylic acid groups (broad SMARTS) is 1. The number of carbonyl (C=O) groups excluding carboxylic acids is 1. The largest absolute Gasteiger partial charge is 0.496 e. The van der Waals surface area contributed by atoms with E-state index in [9.17, 15) is 9.59 Å². The highest BCUT2D eigenvalue weighted by Gasteiger charge is 2.07. The van der Waals surface area contributed by atoms with Gasteiger partial charge in [-0.05, 0) is 17.2 Å². The molecule has 0 unspecified atom stereocenters. The molecule has 0 saturated heterocycles. The molecular weight excluding hydrogens is 294 g/mol. The highest BCUT2D eigenvalue weighted by atomic mass is 16.5. The topological polar surface area (TPSA) is 75.6 Å². The minimum absolute atomic E-state index is 0.160. The molecule has 2 N–H and O–H groups in total. The van der Waals surface area contributed by atoms with Crippen LogP contribution in [-0.2, 0) is 16.0 Å². The second-order valence-corrected chi connectivity index (χ2v) is 4.82. The zero-order chi connectivity index (χ0) is 16.7. The third kappa shape index (κ3) is 4.71. The van der Waals surface area contributed by atoms with Crippen molar-refractivity contribution in [3.05, 3.63) is 66.4 Å².